The molecule has 68 valence electrons. The summed E-state index contributed by atoms with van der Waals surface area (Å²) in [4.78, 5) is 21.9. The molecule has 0 amide bonds. The maximum absolute atomic E-state index is 11.0. The zero-order valence-electron chi connectivity index (χ0n) is 7.50. The number of cyclic esters (lactones) is 1. The van der Waals surface area contributed by atoms with Gasteiger partial charge in [0.15, 0.2) is 0 Å². The Hall–Kier alpha value is -0.860. The molecule has 2 atom stereocenters. The van der Waals surface area contributed by atoms with Crippen molar-refractivity contribution in [2.75, 3.05) is 6.61 Å². The van der Waals surface area contributed by atoms with E-state index in [9.17, 15) is 9.59 Å². The molecule has 0 aromatic carbocycles. The Morgan fingerprint density at radius 1 is 1.75 bits per heavy atom. The molecule has 1 heterocycles. The van der Waals surface area contributed by atoms with E-state index in [1.165, 1.54) is 0 Å². The Morgan fingerprint density at radius 2 is 2.42 bits per heavy atom. The summed E-state index contributed by atoms with van der Waals surface area (Å²) < 4.78 is 4.80. The fraction of sp³-hybridized carbons (Fsp3) is 0.778. The van der Waals surface area contributed by atoms with E-state index in [1.807, 2.05) is 6.92 Å². The number of rotatable bonds is 3. The molecule has 1 aliphatic heterocycles. The Morgan fingerprint density at radius 3 is 2.83 bits per heavy atom. The predicted octanol–water partition coefficient (Wildman–Crippen LogP) is 1.16. The zero-order chi connectivity index (χ0) is 9.14. The molecule has 0 bridgehead atoms. The van der Waals surface area contributed by atoms with Gasteiger partial charge in [-0.05, 0) is 19.8 Å². The van der Waals surface area contributed by atoms with Crippen LogP contribution >= 0.6 is 0 Å². The highest BCUT2D eigenvalue weighted by Crippen LogP contribution is 2.22. The van der Waals surface area contributed by atoms with E-state index < -0.39 is 0 Å². The van der Waals surface area contributed by atoms with E-state index in [4.69, 9.17) is 4.74 Å². The van der Waals surface area contributed by atoms with Crippen molar-refractivity contribution in [2.24, 2.45) is 11.8 Å². The normalized spacial score (nSPS) is 25.2. The van der Waals surface area contributed by atoms with Crippen LogP contribution in [0.5, 0.6) is 0 Å². The van der Waals surface area contributed by atoms with Gasteiger partial charge < -0.3 is 4.74 Å². The molecule has 3 heteroatoms. The SMILES string of the molecule is CC(=O)C(C)CC1CCOC1=O. The Labute approximate surface area is 72.1 Å². The topological polar surface area (TPSA) is 43.4 Å². The third kappa shape index (κ3) is 2.06. The second-order valence-corrected chi connectivity index (χ2v) is 3.40. The summed E-state index contributed by atoms with van der Waals surface area (Å²) >= 11 is 0. The molecule has 0 N–H and O–H groups in total. The lowest BCUT2D eigenvalue weighted by Gasteiger charge is -2.09. The Kier molecular flexibility index (Phi) is 2.84. The summed E-state index contributed by atoms with van der Waals surface area (Å²) in [7, 11) is 0. The summed E-state index contributed by atoms with van der Waals surface area (Å²) in [6.07, 6.45) is 1.42. The minimum atomic E-state index is -0.136. The van der Waals surface area contributed by atoms with Gasteiger partial charge in [0.05, 0.1) is 12.5 Å². The van der Waals surface area contributed by atoms with E-state index in [-0.39, 0.29) is 23.6 Å². The number of hydrogen-bond acceptors (Lipinski definition) is 3. The van der Waals surface area contributed by atoms with Crippen molar-refractivity contribution in [1.82, 2.24) is 0 Å². The van der Waals surface area contributed by atoms with Crippen LogP contribution in [0.15, 0.2) is 0 Å². The molecule has 12 heavy (non-hydrogen) atoms. The molecule has 0 aromatic heterocycles. The molecule has 1 rings (SSSR count). The third-order valence-corrected chi connectivity index (χ3v) is 2.38. The highest BCUT2D eigenvalue weighted by molar-refractivity contribution is 5.79. The summed E-state index contributed by atoms with van der Waals surface area (Å²) in [5, 5.41) is 0. The first-order chi connectivity index (χ1) is 5.61. The predicted molar refractivity (Wildman–Crippen MR) is 43.5 cm³/mol. The number of ether oxygens (including phenoxy) is 1. The van der Waals surface area contributed by atoms with Crippen LogP contribution in [-0.2, 0) is 14.3 Å². The van der Waals surface area contributed by atoms with Gasteiger partial charge in [-0.15, -0.1) is 0 Å². The summed E-state index contributed by atoms with van der Waals surface area (Å²) in [5.74, 6) is -0.0395. The van der Waals surface area contributed by atoms with E-state index in [0.717, 1.165) is 6.42 Å². The largest absolute Gasteiger partial charge is 0.465 e. The number of hydrogen-bond donors (Lipinski definition) is 0. The smallest absolute Gasteiger partial charge is 0.309 e. The van der Waals surface area contributed by atoms with Crippen molar-refractivity contribution < 1.29 is 14.3 Å². The van der Waals surface area contributed by atoms with Crippen molar-refractivity contribution in [3.63, 3.8) is 0 Å². The number of ketones is 1. The van der Waals surface area contributed by atoms with Crippen molar-refractivity contribution in [3.05, 3.63) is 0 Å². The summed E-state index contributed by atoms with van der Waals surface area (Å²) in [6, 6.07) is 0. The lowest BCUT2D eigenvalue weighted by atomic mass is 9.92. The minimum absolute atomic E-state index is 0.0133. The van der Waals surface area contributed by atoms with Crippen LogP contribution in [0.1, 0.15) is 26.7 Å². The highest BCUT2D eigenvalue weighted by atomic mass is 16.5. The third-order valence-electron chi connectivity index (χ3n) is 2.38. The lowest BCUT2D eigenvalue weighted by molar-refractivity contribution is -0.141. The number of Topliss-reactive ketones (excluding diaryl/α,β-unsaturated/α-hetero) is 1. The molecule has 0 saturated carbocycles. The van der Waals surface area contributed by atoms with Gasteiger partial charge in [0.1, 0.15) is 5.78 Å². The molecule has 0 aliphatic carbocycles. The van der Waals surface area contributed by atoms with Crippen molar-refractivity contribution in [2.45, 2.75) is 26.7 Å². The Balaban J connectivity index is 2.40. The van der Waals surface area contributed by atoms with Crippen LogP contribution in [0.25, 0.3) is 0 Å². The molecule has 2 unspecified atom stereocenters. The second-order valence-electron chi connectivity index (χ2n) is 3.40. The summed E-state index contributed by atoms with van der Waals surface area (Å²) in [6.45, 7) is 3.94. The quantitative estimate of drug-likeness (QED) is 0.597. The average molecular weight is 170 g/mol. The first-order valence-corrected chi connectivity index (χ1v) is 4.28. The van der Waals surface area contributed by atoms with Crippen LogP contribution in [0.2, 0.25) is 0 Å². The van der Waals surface area contributed by atoms with E-state index in [0.29, 0.717) is 13.0 Å². The van der Waals surface area contributed by atoms with E-state index in [2.05, 4.69) is 0 Å². The molecule has 1 saturated heterocycles. The minimum Gasteiger partial charge on any atom is -0.465 e. The van der Waals surface area contributed by atoms with Gasteiger partial charge in [-0.3, -0.25) is 9.59 Å². The number of carbonyl (C=O) groups excluding carboxylic acids is 2. The van der Waals surface area contributed by atoms with Gasteiger partial charge in [0.25, 0.3) is 0 Å². The average Bonchev–Trinajstić information content (AvgIpc) is 2.36. The molecular weight excluding hydrogens is 156 g/mol. The number of esters is 1. The van der Waals surface area contributed by atoms with Gasteiger partial charge in [-0.25, -0.2) is 0 Å². The Bertz CT molecular complexity index is 198. The van der Waals surface area contributed by atoms with Gasteiger partial charge in [0, 0.05) is 5.92 Å². The van der Waals surface area contributed by atoms with Crippen LogP contribution in [0.3, 0.4) is 0 Å². The highest BCUT2D eigenvalue weighted by Gasteiger charge is 2.28. The van der Waals surface area contributed by atoms with Crippen molar-refractivity contribution >= 4 is 11.8 Å². The first-order valence-electron chi connectivity index (χ1n) is 4.28. The van der Waals surface area contributed by atoms with Crippen molar-refractivity contribution in [3.8, 4) is 0 Å². The van der Waals surface area contributed by atoms with Crippen LogP contribution < -0.4 is 0 Å². The first kappa shape index (κ1) is 9.23. The van der Waals surface area contributed by atoms with E-state index >= 15 is 0 Å². The van der Waals surface area contributed by atoms with Crippen molar-refractivity contribution in [1.29, 1.82) is 0 Å². The van der Waals surface area contributed by atoms with Crippen LogP contribution in [0.4, 0.5) is 0 Å². The maximum atomic E-state index is 11.0. The van der Waals surface area contributed by atoms with Gasteiger partial charge >= 0.3 is 5.97 Å². The summed E-state index contributed by atoms with van der Waals surface area (Å²) in [5.41, 5.74) is 0. The maximum Gasteiger partial charge on any atom is 0.309 e. The molecular formula is C9H14O3. The molecule has 1 aliphatic rings. The van der Waals surface area contributed by atoms with Gasteiger partial charge in [0.2, 0.25) is 0 Å². The molecule has 0 aromatic rings. The second kappa shape index (κ2) is 3.70. The molecule has 1 fully saturated rings. The molecule has 3 nitrogen and oxygen atoms in total. The monoisotopic (exact) mass is 170 g/mol. The molecule has 0 spiro atoms. The van der Waals surface area contributed by atoms with E-state index in [1.54, 1.807) is 6.92 Å². The van der Waals surface area contributed by atoms with Gasteiger partial charge in [-0.2, -0.15) is 0 Å². The fourth-order valence-electron chi connectivity index (χ4n) is 1.34. The fourth-order valence-corrected chi connectivity index (χ4v) is 1.34. The zero-order valence-corrected chi connectivity index (χ0v) is 7.50. The van der Waals surface area contributed by atoms with Crippen LogP contribution in [-0.4, -0.2) is 18.4 Å². The lowest BCUT2D eigenvalue weighted by Crippen LogP contribution is -2.16. The van der Waals surface area contributed by atoms with Gasteiger partial charge in [-0.1, -0.05) is 6.92 Å². The van der Waals surface area contributed by atoms with Crippen LogP contribution in [0, 0.1) is 11.8 Å². The molecule has 0 radical (unpaired) electrons. The number of carbonyl (C=O) groups is 2. The standard InChI is InChI=1S/C9H14O3/c1-6(7(2)10)5-8-3-4-12-9(8)11/h6,8H,3-5H2,1-2H3.